The molecule has 2 aromatic carbocycles. The minimum absolute atomic E-state index is 0.497. The predicted molar refractivity (Wildman–Crippen MR) is 88.3 cm³/mol. The summed E-state index contributed by atoms with van der Waals surface area (Å²) in [5, 5.41) is 20.5. The monoisotopic (exact) mass is 300 g/mol. The van der Waals surface area contributed by atoms with Crippen molar-refractivity contribution in [3.8, 4) is 0 Å². The van der Waals surface area contributed by atoms with Crippen molar-refractivity contribution in [2.45, 2.75) is 37.1 Å². The van der Waals surface area contributed by atoms with Gasteiger partial charge in [-0.2, -0.15) is 0 Å². The third-order valence-corrected chi connectivity index (χ3v) is 3.86. The Morgan fingerprint density at radius 2 is 0.955 bits per heavy atom. The first kappa shape index (κ1) is 16.6. The van der Waals surface area contributed by atoms with Gasteiger partial charge in [-0.05, 0) is 24.0 Å². The second-order valence-electron chi connectivity index (χ2n) is 5.69. The van der Waals surface area contributed by atoms with E-state index in [0.717, 1.165) is 11.1 Å². The molecule has 0 aliphatic carbocycles. The maximum atomic E-state index is 10.2. The molecule has 0 saturated carbocycles. The molecule has 0 amide bonds. The smallest absolute Gasteiger partial charge is 0.0968 e. The van der Waals surface area contributed by atoms with E-state index >= 15 is 0 Å². The molecule has 4 heteroatoms. The zero-order valence-corrected chi connectivity index (χ0v) is 12.5. The summed E-state index contributed by atoms with van der Waals surface area (Å²) < 4.78 is 0. The lowest BCUT2D eigenvalue weighted by Crippen LogP contribution is -2.52. The highest BCUT2D eigenvalue weighted by molar-refractivity contribution is 5.18. The molecule has 6 N–H and O–H groups in total. The Balaban J connectivity index is 1.91. The van der Waals surface area contributed by atoms with Gasteiger partial charge in [-0.1, -0.05) is 60.7 Å². The number of nitrogens with two attached hydrogens (primary N) is 2. The van der Waals surface area contributed by atoms with Crippen LogP contribution in [0.1, 0.15) is 11.1 Å². The van der Waals surface area contributed by atoms with Crippen LogP contribution in [0.3, 0.4) is 0 Å². The van der Waals surface area contributed by atoms with E-state index in [2.05, 4.69) is 0 Å². The number of rotatable bonds is 7. The molecule has 0 fully saturated rings. The van der Waals surface area contributed by atoms with E-state index in [0.29, 0.717) is 12.8 Å². The van der Waals surface area contributed by atoms with Crippen LogP contribution in [0.5, 0.6) is 0 Å². The Bertz CT molecular complexity index is 496. The molecule has 0 aromatic heterocycles. The lowest BCUT2D eigenvalue weighted by molar-refractivity contribution is -0.00975. The van der Waals surface area contributed by atoms with Gasteiger partial charge < -0.3 is 21.7 Å². The van der Waals surface area contributed by atoms with Crippen LogP contribution in [-0.4, -0.2) is 34.5 Å². The molecular formula is C18H24N2O2. The number of benzene rings is 2. The Morgan fingerprint density at radius 3 is 1.27 bits per heavy atom. The minimum Gasteiger partial charge on any atom is -0.389 e. The highest BCUT2D eigenvalue weighted by atomic mass is 16.3. The molecule has 22 heavy (non-hydrogen) atoms. The van der Waals surface area contributed by atoms with E-state index in [4.69, 9.17) is 11.5 Å². The van der Waals surface area contributed by atoms with E-state index in [-0.39, 0.29) is 0 Å². The number of hydrogen-bond donors (Lipinski definition) is 4. The van der Waals surface area contributed by atoms with Crippen LogP contribution >= 0.6 is 0 Å². The fourth-order valence-electron chi connectivity index (χ4n) is 2.52. The average molecular weight is 300 g/mol. The normalized spacial score (nSPS) is 16.7. The lowest BCUT2D eigenvalue weighted by Gasteiger charge is -2.28. The highest BCUT2D eigenvalue weighted by Gasteiger charge is 2.28. The number of aliphatic hydroxyl groups excluding tert-OH is 2. The molecule has 0 radical (unpaired) electrons. The largest absolute Gasteiger partial charge is 0.389 e. The van der Waals surface area contributed by atoms with Crippen LogP contribution in [0, 0.1) is 0 Å². The Morgan fingerprint density at radius 1 is 0.636 bits per heavy atom. The number of aliphatic hydroxyl groups is 2. The van der Waals surface area contributed by atoms with E-state index in [1.54, 1.807) is 0 Å². The third-order valence-electron chi connectivity index (χ3n) is 3.86. The lowest BCUT2D eigenvalue weighted by atomic mass is 9.92. The molecule has 4 atom stereocenters. The van der Waals surface area contributed by atoms with Gasteiger partial charge in [-0.25, -0.2) is 0 Å². The summed E-state index contributed by atoms with van der Waals surface area (Å²) in [6.07, 6.45) is -1.12. The SMILES string of the molecule is N[C@@H](Cc1ccccc1)C(O)[C@H](O)[C@@H](N)Cc1ccccc1. The third kappa shape index (κ3) is 4.64. The molecule has 118 valence electrons. The molecule has 0 heterocycles. The zero-order valence-electron chi connectivity index (χ0n) is 12.5. The van der Waals surface area contributed by atoms with Gasteiger partial charge in [0.05, 0.1) is 12.2 Å². The van der Waals surface area contributed by atoms with E-state index in [1.165, 1.54) is 0 Å². The van der Waals surface area contributed by atoms with Gasteiger partial charge in [0.2, 0.25) is 0 Å². The standard InChI is InChI=1S/C18H24N2O2/c19-15(11-13-7-3-1-4-8-13)17(21)18(22)16(20)12-14-9-5-2-6-10-14/h1-10,15-18,21-22H,11-12,19-20H2/t15-,16-,17+,18?/m0/s1. The minimum atomic E-state index is -1.06. The van der Waals surface area contributed by atoms with E-state index in [9.17, 15) is 10.2 Å². The zero-order chi connectivity index (χ0) is 15.9. The van der Waals surface area contributed by atoms with Crippen molar-refractivity contribution in [2.24, 2.45) is 11.5 Å². The van der Waals surface area contributed by atoms with Crippen molar-refractivity contribution in [3.63, 3.8) is 0 Å². The molecule has 0 aliphatic heterocycles. The molecule has 2 rings (SSSR count). The molecular weight excluding hydrogens is 276 g/mol. The maximum Gasteiger partial charge on any atom is 0.0968 e. The predicted octanol–water partition coefficient (Wildman–Crippen LogP) is 0.848. The Hall–Kier alpha value is -1.72. The van der Waals surface area contributed by atoms with Gasteiger partial charge in [0.1, 0.15) is 0 Å². The quantitative estimate of drug-likeness (QED) is 0.610. The molecule has 0 bridgehead atoms. The van der Waals surface area contributed by atoms with Crippen molar-refractivity contribution in [1.82, 2.24) is 0 Å². The Labute approximate surface area is 131 Å². The van der Waals surface area contributed by atoms with Gasteiger partial charge in [0.25, 0.3) is 0 Å². The van der Waals surface area contributed by atoms with Crippen LogP contribution in [0.15, 0.2) is 60.7 Å². The summed E-state index contributed by atoms with van der Waals surface area (Å²) in [6.45, 7) is 0. The summed E-state index contributed by atoms with van der Waals surface area (Å²) in [7, 11) is 0. The molecule has 4 nitrogen and oxygen atoms in total. The van der Waals surface area contributed by atoms with Gasteiger partial charge in [-0.3, -0.25) is 0 Å². The Kier molecular flexibility index (Phi) is 6.10. The first-order valence-corrected chi connectivity index (χ1v) is 7.53. The molecule has 0 spiro atoms. The van der Waals surface area contributed by atoms with Crippen molar-refractivity contribution in [2.75, 3.05) is 0 Å². The first-order valence-electron chi connectivity index (χ1n) is 7.53. The summed E-state index contributed by atoms with van der Waals surface area (Å²) in [4.78, 5) is 0. The van der Waals surface area contributed by atoms with Crippen LogP contribution in [-0.2, 0) is 12.8 Å². The summed E-state index contributed by atoms with van der Waals surface area (Å²) in [5.74, 6) is 0. The van der Waals surface area contributed by atoms with Crippen molar-refractivity contribution in [1.29, 1.82) is 0 Å². The van der Waals surface area contributed by atoms with Crippen molar-refractivity contribution < 1.29 is 10.2 Å². The second kappa shape index (κ2) is 8.06. The van der Waals surface area contributed by atoms with Crippen molar-refractivity contribution in [3.05, 3.63) is 71.8 Å². The van der Waals surface area contributed by atoms with E-state index in [1.807, 2.05) is 60.7 Å². The molecule has 1 unspecified atom stereocenters. The van der Waals surface area contributed by atoms with Gasteiger partial charge in [0.15, 0.2) is 0 Å². The maximum absolute atomic E-state index is 10.2. The van der Waals surface area contributed by atoms with Crippen LogP contribution in [0.2, 0.25) is 0 Å². The number of hydrogen-bond acceptors (Lipinski definition) is 4. The molecule has 0 aliphatic rings. The van der Waals surface area contributed by atoms with Crippen molar-refractivity contribution >= 4 is 0 Å². The molecule has 0 saturated heterocycles. The van der Waals surface area contributed by atoms with Gasteiger partial charge in [0, 0.05) is 12.1 Å². The van der Waals surface area contributed by atoms with Crippen LogP contribution < -0.4 is 11.5 Å². The summed E-state index contributed by atoms with van der Waals surface area (Å²) in [6, 6.07) is 18.2. The summed E-state index contributed by atoms with van der Waals surface area (Å²) >= 11 is 0. The fraction of sp³-hybridized carbons (Fsp3) is 0.333. The first-order chi connectivity index (χ1) is 10.6. The highest BCUT2D eigenvalue weighted by Crippen LogP contribution is 2.11. The second-order valence-corrected chi connectivity index (χ2v) is 5.69. The topological polar surface area (TPSA) is 92.5 Å². The van der Waals surface area contributed by atoms with Crippen LogP contribution in [0.25, 0.3) is 0 Å². The molecule has 2 aromatic rings. The fourth-order valence-corrected chi connectivity index (χ4v) is 2.52. The van der Waals surface area contributed by atoms with Crippen LogP contribution in [0.4, 0.5) is 0 Å². The van der Waals surface area contributed by atoms with Gasteiger partial charge in [-0.15, -0.1) is 0 Å². The summed E-state index contributed by atoms with van der Waals surface area (Å²) in [5.41, 5.74) is 14.1. The average Bonchev–Trinajstić information content (AvgIpc) is 2.55. The van der Waals surface area contributed by atoms with E-state index < -0.39 is 24.3 Å². The van der Waals surface area contributed by atoms with Gasteiger partial charge >= 0.3 is 0 Å².